The molecule has 1 N–H and O–H groups in total. The SMILES string of the molecule is C[C@@H](NS(=O)(=O)CCCOCC(C)(C)C)c1cccc(O[C@@H]2CCOC2)c1. The minimum atomic E-state index is -3.37. The molecule has 0 radical (unpaired) electrons. The minimum absolute atomic E-state index is 0.0527. The summed E-state index contributed by atoms with van der Waals surface area (Å²) in [4.78, 5) is 0. The van der Waals surface area contributed by atoms with Gasteiger partial charge in [-0.2, -0.15) is 0 Å². The molecule has 1 fully saturated rings. The molecule has 0 aromatic heterocycles. The standard InChI is InChI=1S/C20H33NO5S/c1-16(21-27(22,23)12-6-10-25-15-20(2,3)4)17-7-5-8-18(13-17)26-19-9-11-24-14-19/h5,7-8,13,16,19,21H,6,9-12,14-15H2,1-4H3/t16-,19-/m1/s1. The molecule has 0 spiro atoms. The highest BCUT2D eigenvalue weighted by molar-refractivity contribution is 7.89. The zero-order valence-electron chi connectivity index (χ0n) is 16.9. The molecule has 2 rings (SSSR count). The summed E-state index contributed by atoms with van der Waals surface area (Å²) in [6.07, 6.45) is 1.42. The molecular formula is C20H33NO5S. The lowest BCUT2D eigenvalue weighted by atomic mass is 9.99. The molecule has 0 bridgehead atoms. The van der Waals surface area contributed by atoms with Crippen LogP contribution in [-0.4, -0.2) is 46.7 Å². The average Bonchev–Trinajstić information content (AvgIpc) is 3.06. The predicted molar refractivity (Wildman–Crippen MR) is 107 cm³/mol. The van der Waals surface area contributed by atoms with E-state index in [0.29, 0.717) is 26.2 Å². The van der Waals surface area contributed by atoms with Crippen molar-refractivity contribution in [2.24, 2.45) is 5.41 Å². The number of rotatable bonds is 10. The first kappa shape index (κ1) is 22.1. The highest BCUT2D eigenvalue weighted by Gasteiger charge is 2.19. The second-order valence-electron chi connectivity index (χ2n) is 8.30. The van der Waals surface area contributed by atoms with Gasteiger partial charge in [-0.3, -0.25) is 0 Å². The van der Waals surface area contributed by atoms with E-state index in [1.54, 1.807) is 0 Å². The van der Waals surface area contributed by atoms with Crippen LogP contribution in [0.4, 0.5) is 0 Å². The van der Waals surface area contributed by atoms with Gasteiger partial charge in [-0.15, -0.1) is 0 Å². The zero-order valence-corrected chi connectivity index (χ0v) is 17.7. The molecule has 0 unspecified atom stereocenters. The van der Waals surface area contributed by atoms with Crippen LogP contribution in [0.3, 0.4) is 0 Å². The van der Waals surface area contributed by atoms with Crippen LogP contribution in [-0.2, 0) is 19.5 Å². The third-order valence-corrected chi connectivity index (χ3v) is 5.68. The summed E-state index contributed by atoms with van der Waals surface area (Å²) < 4.78 is 44.1. The van der Waals surface area contributed by atoms with Gasteiger partial charge in [0.05, 0.1) is 25.6 Å². The lowest BCUT2D eigenvalue weighted by molar-refractivity contribution is 0.0720. The van der Waals surface area contributed by atoms with Crippen LogP contribution in [0.25, 0.3) is 0 Å². The van der Waals surface area contributed by atoms with Crippen molar-refractivity contribution in [3.63, 3.8) is 0 Å². The molecule has 1 aliphatic rings. The Balaban J connectivity index is 1.81. The van der Waals surface area contributed by atoms with Crippen LogP contribution in [0.1, 0.15) is 52.1 Å². The Labute approximate surface area is 163 Å². The summed E-state index contributed by atoms with van der Waals surface area (Å²) in [7, 11) is -3.37. The quantitative estimate of drug-likeness (QED) is 0.611. The minimum Gasteiger partial charge on any atom is -0.488 e. The van der Waals surface area contributed by atoms with Gasteiger partial charge in [0.2, 0.25) is 10.0 Å². The van der Waals surface area contributed by atoms with Crippen LogP contribution in [0, 0.1) is 5.41 Å². The number of nitrogens with one attached hydrogen (secondary N) is 1. The molecule has 154 valence electrons. The lowest BCUT2D eigenvalue weighted by Gasteiger charge is -2.19. The maximum atomic E-state index is 12.3. The number of hydrogen-bond donors (Lipinski definition) is 1. The molecule has 0 aliphatic carbocycles. The molecule has 1 aromatic rings. The van der Waals surface area contributed by atoms with E-state index in [1.165, 1.54) is 0 Å². The highest BCUT2D eigenvalue weighted by Crippen LogP contribution is 2.22. The zero-order chi connectivity index (χ0) is 19.9. The Hall–Kier alpha value is -1.15. The fourth-order valence-electron chi connectivity index (χ4n) is 2.78. The van der Waals surface area contributed by atoms with Gasteiger partial charge in [0.1, 0.15) is 11.9 Å². The number of ether oxygens (including phenoxy) is 3. The van der Waals surface area contributed by atoms with Crippen molar-refractivity contribution in [2.45, 2.75) is 52.7 Å². The van der Waals surface area contributed by atoms with Gasteiger partial charge >= 0.3 is 0 Å². The van der Waals surface area contributed by atoms with Gasteiger partial charge in [0.25, 0.3) is 0 Å². The Morgan fingerprint density at radius 2 is 2.11 bits per heavy atom. The molecule has 7 heteroatoms. The Bertz CT molecular complexity index is 678. The van der Waals surface area contributed by atoms with E-state index in [4.69, 9.17) is 14.2 Å². The van der Waals surface area contributed by atoms with Crippen molar-refractivity contribution < 1.29 is 22.6 Å². The molecule has 1 heterocycles. The Morgan fingerprint density at radius 1 is 1.33 bits per heavy atom. The van der Waals surface area contributed by atoms with Crippen molar-refractivity contribution in [2.75, 3.05) is 32.2 Å². The topological polar surface area (TPSA) is 73.9 Å². The maximum absolute atomic E-state index is 12.3. The Kier molecular flexibility index (Phi) is 8.09. The summed E-state index contributed by atoms with van der Waals surface area (Å²) >= 11 is 0. The first-order valence-corrected chi connectivity index (χ1v) is 11.2. The predicted octanol–water partition coefficient (Wildman–Crippen LogP) is 3.29. The van der Waals surface area contributed by atoms with Crippen LogP contribution in [0.5, 0.6) is 5.75 Å². The van der Waals surface area contributed by atoms with Crippen molar-refractivity contribution in [3.8, 4) is 5.75 Å². The van der Waals surface area contributed by atoms with Gasteiger partial charge in [-0.05, 0) is 36.5 Å². The summed E-state index contributed by atoms with van der Waals surface area (Å²) in [6, 6.07) is 7.23. The van der Waals surface area contributed by atoms with Gasteiger partial charge in [-0.1, -0.05) is 32.9 Å². The molecule has 27 heavy (non-hydrogen) atoms. The fourth-order valence-corrected chi connectivity index (χ4v) is 4.07. The van der Waals surface area contributed by atoms with E-state index in [2.05, 4.69) is 25.5 Å². The summed E-state index contributed by atoms with van der Waals surface area (Å²) in [5.74, 6) is 0.793. The van der Waals surface area contributed by atoms with E-state index >= 15 is 0 Å². The first-order chi connectivity index (χ1) is 12.6. The van der Waals surface area contributed by atoms with Gasteiger partial charge in [0, 0.05) is 19.1 Å². The largest absolute Gasteiger partial charge is 0.488 e. The third-order valence-electron chi connectivity index (χ3n) is 4.14. The van der Waals surface area contributed by atoms with E-state index < -0.39 is 10.0 Å². The number of sulfonamides is 1. The van der Waals surface area contributed by atoms with E-state index in [1.807, 2.05) is 31.2 Å². The second-order valence-corrected chi connectivity index (χ2v) is 10.2. The summed E-state index contributed by atoms with van der Waals surface area (Å²) in [6.45, 7) is 10.5. The molecular weight excluding hydrogens is 366 g/mol. The molecule has 1 aliphatic heterocycles. The first-order valence-electron chi connectivity index (χ1n) is 9.57. The average molecular weight is 400 g/mol. The van der Waals surface area contributed by atoms with Gasteiger partial charge < -0.3 is 14.2 Å². The van der Waals surface area contributed by atoms with Gasteiger partial charge in [0.15, 0.2) is 0 Å². The fraction of sp³-hybridized carbons (Fsp3) is 0.700. The number of hydrogen-bond acceptors (Lipinski definition) is 5. The van der Waals surface area contributed by atoms with Crippen molar-refractivity contribution >= 4 is 10.0 Å². The maximum Gasteiger partial charge on any atom is 0.212 e. The van der Waals surface area contributed by atoms with Gasteiger partial charge in [-0.25, -0.2) is 13.1 Å². The van der Waals surface area contributed by atoms with E-state index in [0.717, 1.165) is 24.3 Å². The van der Waals surface area contributed by atoms with Crippen molar-refractivity contribution in [1.82, 2.24) is 4.72 Å². The number of benzene rings is 1. The molecule has 0 saturated carbocycles. The van der Waals surface area contributed by atoms with E-state index in [-0.39, 0.29) is 23.3 Å². The molecule has 1 saturated heterocycles. The van der Waals surface area contributed by atoms with Crippen molar-refractivity contribution in [3.05, 3.63) is 29.8 Å². The monoisotopic (exact) mass is 399 g/mol. The highest BCUT2D eigenvalue weighted by atomic mass is 32.2. The van der Waals surface area contributed by atoms with Crippen LogP contribution in [0.2, 0.25) is 0 Å². The van der Waals surface area contributed by atoms with Crippen LogP contribution >= 0.6 is 0 Å². The van der Waals surface area contributed by atoms with Crippen molar-refractivity contribution in [1.29, 1.82) is 0 Å². The van der Waals surface area contributed by atoms with E-state index in [9.17, 15) is 8.42 Å². The molecule has 6 nitrogen and oxygen atoms in total. The van der Waals surface area contributed by atoms with Crippen LogP contribution in [0.15, 0.2) is 24.3 Å². The smallest absolute Gasteiger partial charge is 0.212 e. The lowest BCUT2D eigenvalue weighted by Crippen LogP contribution is -2.29. The Morgan fingerprint density at radius 3 is 2.78 bits per heavy atom. The molecule has 1 aromatic carbocycles. The molecule has 0 amide bonds. The molecule has 2 atom stereocenters. The second kappa shape index (κ2) is 9.87. The summed E-state index contributed by atoms with van der Waals surface area (Å²) in [5, 5.41) is 0. The summed E-state index contributed by atoms with van der Waals surface area (Å²) in [5.41, 5.74) is 0.961. The van der Waals surface area contributed by atoms with Crippen LogP contribution < -0.4 is 9.46 Å². The normalized spacial score (nSPS) is 19.2. The third kappa shape index (κ3) is 8.60.